The van der Waals surface area contributed by atoms with Crippen molar-refractivity contribution in [1.82, 2.24) is 4.98 Å². The van der Waals surface area contributed by atoms with Crippen molar-refractivity contribution in [2.45, 2.75) is 58.3 Å². The summed E-state index contributed by atoms with van der Waals surface area (Å²) in [5.41, 5.74) is -0.0552. The number of carboxylic acid groups (broad SMARTS) is 1. The number of rotatable bonds is 7. The number of aromatic nitrogens is 1. The van der Waals surface area contributed by atoms with Crippen molar-refractivity contribution in [2.75, 3.05) is 0 Å². The van der Waals surface area contributed by atoms with Crippen LogP contribution in [0, 0.1) is 0 Å². The van der Waals surface area contributed by atoms with Crippen molar-refractivity contribution >= 4 is 5.97 Å². The minimum absolute atomic E-state index is 0.135. The topological polar surface area (TPSA) is 70.2 Å². The molecule has 4 heteroatoms. The Labute approximate surface area is 113 Å². The molecular formula is C15H23NO3. The van der Waals surface area contributed by atoms with Crippen LogP contribution in [-0.4, -0.2) is 16.1 Å². The fourth-order valence-corrected chi connectivity index (χ4v) is 2.17. The minimum Gasteiger partial charge on any atom is -0.477 e. The summed E-state index contributed by atoms with van der Waals surface area (Å²) >= 11 is 0. The summed E-state index contributed by atoms with van der Waals surface area (Å²) in [5.74, 6) is -1.19. The molecule has 0 saturated carbocycles. The number of aromatic amines is 1. The van der Waals surface area contributed by atoms with Crippen LogP contribution < -0.4 is 5.56 Å². The highest BCUT2D eigenvalue weighted by Crippen LogP contribution is 2.27. The maximum atomic E-state index is 11.7. The molecule has 106 valence electrons. The van der Waals surface area contributed by atoms with Crippen LogP contribution >= 0.6 is 0 Å². The smallest absolute Gasteiger partial charge is 0.341 e. The lowest BCUT2D eigenvalue weighted by Gasteiger charge is -2.24. The van der Waals surface area contributed by atoms with E-state index in [9.17, 15) is 9.59 Å². The number of aromatic carboxylic acids is 1. The number of carboxylic acids is 1. The molecule has 0 saturated heterocycles. The molecule has 0 radical (unpaired) electrons. The van der Waals surface area contributed by atoms with Gasteiger partial charge in [0.25, 0.3) is 5.56 Å². The first-order valence-electron chi connectivity index (χ1n) is 6.85. The lowest BCUT2D eigenvalue weighted by molar-refractivity contribution is 0.0695. The average Bonchev–Trinajstić information content (AvgIpc) is 2.34. The van der Waals surface area contributed by atoms with Crippen molar-refractivity contribution in [3.63, 3.8) is 0 Å². The maximum absolute atomic E-state index is 11.7. The number of nitrogens with one attached hydrogen (secondary N) is 1. The van der Waals surface area contributed by atoms with Gasteiger partial charge < -0.3 is 10.1 Å². The number of pyridine rings is 1. The average molecular weight is 265 g/mol. The molecule has 4 nitrogen and oxygen atoms in total. The van der Waals surface area contributed by atoms with Gasteiger partial charge in [-0.25, -0.2) is 4.79 Å². The summed E-state index contributed by atoms with van der Waals surface area (Å²) in [6.07, 6.45) is 5.71. The second kappa shape index (κ2) is 6.55. The predicted octanol–water partition coefficient (Wildman–Crippen LogP) is 3.32. The van der Waals surface area contributed by atoms with E-state index in [-0.39, 0.29) is 11.0 Å². The Hall–Kier alpha value is -1.58. The number of hydrogen-bond acceptors (Lipinski definition) is 2. The fourth-order valence-electron chi connectivity index (χ4n) is 2.17. The third-order valence-electron chi connectivity index (χ3n) is 3.52. The van der Waals surface area contributed by atoms with Crippen LogP contribution in [0.5, 0.6) is 0 Å². The largest absolute Gasteiger partial charge is 0.477 e. The molecule has 1 heterocycles. The summed E-state index contributed by atoms with van der Waals surface area (Å²) < 4.78 is 0. The highest BCUT2D eigenvalue weighted by molar-refractivity contribution is 5.87. The van der Waals surface area contributed by atoms with E-state index in [1.807, 2.05) is 0 Å². The quantitative estimate of drug-likeness (QED) is 0.743. The highest BCUT2D eigenvalue weighted by Gasteiger charge is 2.22. The van der Waals surface area contributed by atoms with Crippen LogP contribution in [-0.2, 0) is 5.41 Å². The van der Waals surface area contributed by atoms with Gasteiger partial charge in [0.15, 0.2) is 0 Å². The molecular weight excluding hydrogens is 242 g/mol. The van der Waals surface area contributed by atoms with Crippen LogP contribution in [0.2, 0.25) is 0 Å². The molecule has 1 aromatic heterocycles. The van der Waals surface area contributed by atoms with Gasteiger partial charge in [-0.1, -0.05) is 46.5 Å². The Balaban J connectivity index is 2.81. The molecule has 19 heavy (non-hydrogen) atoms. The van der Waals surface area contributed by atoms with E-state index < -0.39 is 11.5 Å². The zero-order valence-corrected chi connectivity index (χ0v) is 12.0. The molecule has 0 aliphatic carbocycles. The SMILES string of the molecule is CCCCCCC(C)(C)c1ccc(C(=O)O)c(=O)[nH]1. The molecule has 1 rings (SSSR count). The van der Waals surface area contributed by atoms with Gasteiger partial charge in [-0.15, -0.1) is 0 Å². The fraction of sp³-hybridized carbons (Fsp3) is 0.600. The Morgan fingerprint density at radius 2 is 1.95 bits per heavy atom. The molecule has 0 bridgehead atoms. The second-order valence-electron chi connectivity index (χ2n) is 5.61. The van der Waals surface area contributed by atoms with Crippen molar-refractivity contribution in [1.29, 1.82) is 0 Å². The highest BCUT2D eigenvalue weighted by atomic mass is 16.4. The van der Waals surface area contributed by atoms with Crippen LogP contribution in [0.15, 0.2) is 16.9 Å². The molecule has 0 aliphatic rings. The summed E-state index contributed by atoms with van der Waals surface area (Å²) in [5, 5.41) is 8.84. The first-order chi connectivity index (χ1) is 8.88. The van der Waals surface area contributed by atoms with E-state index in [4.69, 9.17) is 5.11 Å². The molecule has 1 aromatic rings. The van der Waals surface area contributed by atoms with E-state index in [0.29, 0.717) is 0 Å². The molecule has 0 atom stereocenters. The number of unbranched alkanes of at least 4 members (excludes halogenated alkanes) is 3. The number of carbonyl (C=O) groups is 1. The van der Waals surface area contributed by atoms with Gasteiger partial charge in [0.1, 0.15) is 5.56 Å². The lowest BCUT2D eigenvalue weighted by atomic mass is 9.83. The Morgan fingerprint density at radius 1 is 1.26 bits per heavy atom. The van der Waals surface area contributed by atoms with E-state index in [1.54, 1.807) is 6.07 Å². The predicted molar refractivity (Wildman–Crippen MR) is 75.8 cm³/mol. The Morgan fingerprint density at radius 3 is 2.47 bits per heavy atom. The lowest BCUT2D eigenvalue weighted by Crippen LogP contribution is -2.25. The Bertz CT molecular complexity index is 488. The van der Waals surface area contributed by atoms with E-state index >= 15 is 0 Å². The summed E-state index contributed by atoms with van der Waals surface area (Å²) in [7, 11) is 0. The molecule has 0 aromatic carbocycles. The van der Waals surface area contributed by atoms with Crippen molar-refractivity contribution in [2.24, 2.45) is 0 Å². The number of hydrogen-bond donors (Lipinski definition) is 2. The van der Waals surface area contributed by atoms with Crippen LogP contribution in [0.4, 0.5) is 0 Å². The summed E-state index contributed by atoms with van der Waals surface area (Å²) in [4.78, 5) is 25.2. The van der Waals surface area contributed by atoms with Gasteiger partial charge in [0.05, 0.1) is 0 Å². The van der Waals surface area contributed by atoms with Gasteiger partial charge >= 0.3 is 5.97 Å². The second-order valence-corrected chi connectivity index (χ2v) is 5.61. The molecule has 0 spiro atoms. The first kappa shape index (κ1) is 15.5. The van der Waals surface area contributed by atoms with E-state index in [0.717, 1.165) is 18.5 Å². The van der Waals surface area contributed by atoms with Gasteiger partial charge in [-0.2, -0.15) is 0 Å². The monoisotopic (exact) mass is 265 g/mol. The maximum Gasteiger partial charge on any atom is 0.341 e. The van der Waals surface area contributed by atoms with Crippen molar-refractivity contribution in [3.8, 4) is 0 Å². The Kier molecular flexibility index (Phi) is 5.33. The van der Waals surface area contributed by atoms with Gasteiger partial charge in [0, 0.05) is 11.1 Å². The third-order valence-corrected chi connectivity index (χ3v) is 3.52. The van der Waals surface area contributed by atoms with Crippen LogP contribution in [0.25, 0.3) is 0 Å². The minimum atomic E-state index is -1.19. The summed E-state index contributed by atoms with van der Waals surface area (Å²) in [6, 6.07) is 3.11. The molecule has 2 N–H and O–H groups in total. The van der Waals surface area contributed by atoms with Crippen molar-refractivity contribution in [3.05, 3.63) is 33.7 Å². The van der Waals surface area contributed by atoms with Crippen LogP contribution in [0.3, 0.4) is 0 Å². The van der Waals surface area contributed by atoms with Gasteiger partial charge in [-0.3, -0.25) is 4.79 Å². The normalized spacial score (nSPS) is 11.5. The van der Waals surface area contributed by atoms with E-state index in [1.165, 1.54) is 25.3 Å². The molecule has 0 aliphatic heterocycles. The summed E-state index contributed by atoms with van der Waals surface area (Å²) in [6.45, 7) is 6.32. The first-order valence-corrected chi connectivity index (χ1v) is 6.85. The molecule has 0 unspecified atom stereocenters. The zero-order chi connectivity index (χ0) is 14.5. The molecule has 0 amide bonds. The van der Waals surface area contributed by atoms with E-state index in [2.05, 4.69) is 25.8 Å². The standard InChI is InChI=1S/C15H23NO3/c1-4-5-6-7-10-15(2,3)12-9-8-11(14(18)19)13(17)16-12/h8-9H,4-7,10H2,1-3H3,(H,16,17)(H,18,19). The van der Waals surface area contributed by atoms with Gasteiger partial charge in [-0.05, 0) is 18.6 Å². The van der Waals surface area contributed by atoms with Gasteiger partial charge in [0.2, 0.25) is 0 Å². The number of H-pyrrole nitrogens is 1. The van der Waals surface area contributed by atoms with Crippen LogP contribution in [0.1, 0.15) is 68.9 Å². The van der Waals surface area contributed by atoms with Crippen molar-refractivity contribution < 1.29 is 9.90 Å². The zero-order valence-electron chi connectivity index (χ0n) is 12.0. The third kappa shape index (κ3) is 4.23. The molecule has 0 fully saturated rings.